The third kappa shape index (κ3) is 1.89. The SMILES string of the molecule is C=CCN1CC(C)=Nc2ccccc2C1=O. The van der Waals surface area contributed by atoms with Crippen molar-refractivity contribution < 1.29 is 4.79 Å². The third-order valence-corrected chi connectivity index (χ3v) is 2.50. The van der Waals surface area contributed by atoms with Crippen LogP contribution in [0, 0.1) is 0 Å². The van der Waals surface area contributed by atoms with Gasteiger partial charge in [0.05, 0.1) is 17.8 Å². The molecule has 1 aliphatic heterocycles. The zero-order valence-electron chi connectivity index (χ0n) is 9.31. The van der Waals surface area contributed by atoms with Crippen molar-refractivity contribution in [1.82, 2.24) is 4.90 Å². The topological polar surface area (TPSA) is 32.7 Å². The van der Waals surface area contributed by atoms with Gasteiger partial charge in [-0.25, -0.2) is 0 Å². The molecule has 82 valence electrons. The van der Waals surface area contributed by atoms with Crippen molar-refractivity contribution in [3.63, 3.8) is 0 Å². The highest BCUT2D eigenvalue weighted by molar-refractivity contribution is 6.04. The quantitative estimate of drug-likeness (QED) is 0.696. The number of fused-ring (bicyclic) bond motifs is 1. The van der Waals surface area contributed by atoms with Crippen LogP contribution in [0.3, 0.4) is 0 Å². The molecule has 0 saturated heterocycles. The van der Waals surface area contributed by atoms with Gasteiger partial charge in [-0.1, -0.05) is 18.2 Å². The lowest BCUT2D eigenvalue weighted by Gasteiger charge is -2.18. The molecule has 2 rings (SSSR count). The minimum Gasteiger partial charge on any atom is -0.329 e. The summed E-state index contributed by atoms with van der Waals surface area (Å²) in [6.45, 7) is 6.73. The fraction of sp³-hybridized carbons (Fsp3) is 0.231. The van der Waals surface area contributed by atoms with E-state index in [0.29, 0.717) is 18.7 Å². The molecule has 0 fully saturated rings. The minimum absolute atomic E-state index is 0.0242. The van der Waals surface area contributed by atoms with Crippen molar-refractivity contribution in [1.29, 1.82) is 0 Å². The predicted molar refractivity (Wildman–Crippen MR) is 65.3 cm³/mol. The number of benzene rings is 1. The molecular formula is C13H14N2O. The highest BCUT2D eigenvalue weighted by Crippen LogP contribution is 2.23. The van der Waals surface area contributed by atoms with E-state index in [9.17, 15) is 4.79 Å². The molecule has 0 saturated carbocycles. The standard InChI is InChI=1S/C13H14N2O/c1-3-8-15-9-10(2)14-12-7-5-4-6-11(12)13(15)16/h3-7H,1,8-9H2,2H3. The molecule has 1 aliphatic rings. The summed E-state index contributed by atoms with van der Waals surface area (Å²) in [6, 6.07) is 7.44. The maximum atomic E-state index is 12.2. The number of hydrogen-bond acceptors (Lipinski definition) is 2. The van der Waals surface area contributed by atoms with Gasteiger partial charge in [0, 0.05) is 12.3 Å². The monoisotopic (exact) mass is 214 g/mol. The summed E-state index contributed by atoms with van der Waals surface area (Å²) in [5.74, 6) is 0.0242. The molecule has 3 heteroatoms. The van der Waals surface area contributed by atoms with E-state index in [-0.39, 0.29) is 5.91 Å². The van der Waals surface area contributed by atoms with Crippen LogP contribution in [0.4, 0.5) is 5.69 Å². The molecule has 0 aromatic heterocycles. The van der Waals surface area contributed by atoms with Crippen LogP contribution in [-0.2, 0) is 0 Å². The lowest BCUT2D eigenvalue weighted by atomic mass is 10.1. The Hall–Kier alpha value is -1.90. The van der Waals surface area contributed by atoms with E-state index in [1.807, 2.05) is 31.2 Å². The summed E-state index contributed by atoms with van der Waals surface area (Å²) < 4.78 is 0. The van der Waals surface area contributed by atoms with Gasteiger partial charge in [0.15, 0.2) is 0 Å². The lowest BCUT2D eigenvalue weighted by Crippen LogP contribution is -2.33. The second-order valence-corrected chi connectivity index (χ2v) is 3.84. The third-order valence-electron chi connectivity index (χ3n) is 2.50. The van der Waals surface area contributed by atoms with Crippen LogP contribution in [0.15, 0.2) is 41.9 Å². The first-order valence-electron chi connectivity index (χ1n) is 5.25. The van der Waals surface area contributed by atoms with Gasteiger partial charge < -0.3 is 4.90 Å². The number of para-hydroxylation sites is 1. The van der Waals surface area contributed by atoms with Crippen molar-refractivity contribution in [2.75, 3.05) is 13.1 Å². The summed E-state index contributed by atoms with van der Waals surface area (Å²) >= 11 is 0. The second-order valence-electron chi connectivity index (χ2n) is 3.84. The molecular weight excluding hydrogens is 200 g/mol. The zero-order chi connectivity index (χ0) is 11.5. The predicted octanol–water partition coefficient (Wildman–Crippen LogP) is 2.42. The minimum atomic E-state index is 0.0242. The maximum Gasteiger partial charge on any atom is 0.256 e. The van der Waals surface area contributed by atoms with Gasteiger partial charge >= 0.3 is 0 Å². The Morgan fingerprint density at radius 1 is 1.50 bits per heavy atom. The molecule has 3 nitrogen and oxygen atoms in total. The summed E-state index contributed by atoms with van der Waals surface area (Å²) in [5.41, 5.74) is 2.37. The largest absolute Gasteiger partial charge is 0.329 e. The Morgan fingerprint density at radius 3 is 3.00 bits per heavy atom. The van der Waals surface area contributed by atoms with Crippen LogP contribution in [0.25, 0.3) is 0 Å². The van der Waals surface area contributed by atoms with E-state index in [4.69, 9.17) is 0 Å². The van der Waals surface area contributed by atoms with Gasteiger partial charge in [0.25, 0.3) is 5.91 Å². The van der Waals surface area contributed by atoms with Crippen molar-refractivity contribution >= 4 is 17.3 Å². The van der Waals surface area contributed by atoms with Crippen LogP contribution >= 0.6 is 0 Å². The first kappa shape index (κ1) is 10.6. The zero-order valence-corrected chi connectivity index (χ0v) is 9.31. The fourth-order valence-electron chi connectivity index (χ4n) is 1.81. The second kappa shape index (κ2) is 4.31. The molecule has 0 spiro atoms. The van der Waals surface area contributed by atoms with E-state index < -0.39 is 0 Å². The van der Waals surface area contributed by atoms with Gasteiger partial charge in [-0.2, -0.15) is 0 Å². The number of carbonyl (C=O) groups excluding carboxylic acids is 1. The summed E-state index contributed by atoms with van der Waals surface area (Å²) in [5, 5.41) is 0. The lowest BCUT2D eigenvalue weighted by molar-refractivity contribution is 0.0798. The first-order valence-corrected chi connectivity index (χ1v) is 5.25. The van der Waals surface area contributed by atoms with Crippen LogP contribution in [0.2, 0.25) is 0 Å². The number of hydrogen-bond donors (Lipinski definition) is 0. The Morgan fingerprint density at radius 2 is 2.25 bits per heavy atom. The van der Waals surface area contributed by atoms with Crippen molar-refractivity contribution in [2.45, 2.75) is 6.92 Å². The van der Waals surface area contributed by atoms with Gasteiger partial charge in [0.2, 0.25) is 0 Å². The average Bonchev–Trinajstić information content (AvgIpc) is 2.38. The van der Waals surface area contributed by atoms with Crippen molar-refractivity contribution in [3.8, 4) is 0 Å². The normalized spacial score (nSPS) is 15.2. The number of carbonyl (C=O) groups is 1. The fourth-order valence-corrected chi connectivity index (χ4v) is 1.81. The highest BCUT2D eigenvalue weighted by Gasteiger charge is 2.21. The molecule has 0 atom stereocenters. The summed E-state index contributed by atoms with van der Waals surface area (Å²) in [6.07, 6.45) is 1.74. The van der Waals surface area contributed by atoms with Gasteiger partial charge in [-0.3, -0.25) is 9.79 Å². The maximum absolute atomic E-state index is 12.2. The highest BCUT2D eigenvalue weighted by atomic mass is 16.2. The molecule has 0 N–H and O–H groups in total. The molecule has 0 unspecified atom stereocenters. The Labute approximate surface area is 95.1 Å². The molecule has 1 aromatic carbocycles. The summed E-state index contributed by atoms with van der Waals surface area (Å²) in [4.78, 5) is 18.4. The van der Waals surface area contributed by atoms with E-state index in [1.165, 1.54) is 0 Å². The van der Waals surface area contributed by atoms with Crippen LogP contribution < -0.4 is 0 Å². The van der Waals surface area contributed by atoms with Gasteiger partial charge in [-0.05, 0) is 19.1 Å². The van der Waals surface area contributed by atoms with E-state index in [2.05, 4.69) is 11.6 Å². The Balaban J connectivity index is 2.47. The van der Waals surface area contributed by atoms with Crippen molar-refractivity contribution in [3.05, 3.63) is 42.5 Å². The Bertz CT molecular complexity index is 463. The molecule has 0 bridgehead atoms. The molecule has 0 aliphatic carbocycles. The molecule has 0 radical (unpaired) electrons. The van der Waals surface area contributed by atoms with Crippen LogP contribution in [0.5, 0.6) is 0 Å². The summed E-state index contributed by atoms with van der Waals surface area (Å²) in [7, 11) is 0. The van der Waals surface area contributed by atoms with E-state index in [1.54, 1.807) is 11.0 Å². The first-order chi connectivity index (χ1) is 7.72. The number of aliphatic imine (C=N–C) groups is 1. The molecule has 1 heterocycles. The molecule has 1 aromatic rings. The van der Waals surface area contributed by atoms with Crippen LogP contribution in [-0.4, -0.2) is 29.6 Å². The van der Waals surface area contributed by atoms with Gasteiger partial charge in [-0.15, -0.1) is 6.58 Å². The van der Waals surface area contributed by atoms with E-state index >= 15 is 0 Å². The number of nitrogens with zero attached hydrogens (tertiary/aromatic N) is 2. The number of amides is 1. The smallest absolute Gasteiger partial charge is 0.256 e. The molecule has 1 amide bonds. The number of rotatable bonds is 2. The Kier molecular flexibility index (Phi) is 2.86. The van der Waals surface area contributed by atoms with Crippen LogP contribution in [0.1, 0.15) is 17.3 Å². The molecule has 16 heavy (non-hydrogen) atoms. The average molecular weight is 214 g/mol. The van der Waals surface area contributed by atoms with Gasteiger partial charge in [0.1, 0.15) is 0 Å². The van der Waals surface area contributed by atoms with Crippen molar-refractivity contribution in [2.24, 2.45) is 4.99 Å². The van der Waals surface area contributed by atoms with E-state index in [0.717, 1.165) is 11.4 Å².